The Morgan fingerprint density at radius 2 is 1.24 bits per heavy atom. The Hall–Kier alpha value is -2.00. The van der Waals surface area contributed by atoms with Crippen LogP contribution in [0.2, 0.25) is 0 Å². The number of allylic oxidation sites excluding steroid dienone is 2. The van der Waals surface area contributed by atoms with Crippen LogP contribution in [0.25, 0.3) is 0 Å². The van der Waals surface area contributed by atoms with E-state index in [4.69, 9.17) is 33.2 Å². The van der Waals surface area contributed by atoms with Crippen molar-refractivity contribution in [2.75, 3.05) is 19.8 Å². The molecule has 3 aliphatic heterocycles. The topological polar surface area (TPSA) is 342 Å². The Balaban J connectivity index is 1.13. The van der Waals surface area contributed by atoms with Crippen LogP contribution in [0.1, 0.15) is 120 Å². The highest BCUT2D eigenvalue weighted by molar-refractivity contribution is 5.90. The van der Waals surface area contributed by atoms with Crippen LogP contribution in [-0.2, 0) is 42.7 Å². The molecule has 0 aromatic rings. The first-order valence-corrected chi connectivity index (χ1v) is 25.9. The van der Waals surface area contributed by atoms with E-state index in [1.165, 1.54) is 0 Å². The van der Waals surface area contributed by atoms with Crippen LogP contribution >= 0.6 is 0 Å². The zero-order valence-electron chi connectivity index (χ0n) is 42.9. The Bertz CT molecular complexity index is 1920. The molecule has 0 spiro atoms. The van der Waals surface area contributed by atoms with Crippen LogP contribution in [0, 0.1) is 45.3 Å². The van der Waals surface area contributed by atoms with Gasteiger partial charge in [-0.15, -0.1) is 0 Å². The van der Waals surface area contributed by atoms with Crippen molar-refractivity contribution in [2.24, 2.45) is 45.3 Å². The SMILES string of the molecule is CC(C)=CCC[C@](C)(O[C@@H]1O[C@H](CO)[C@@H](O)[C@H](OC(=O)CC(=O)O)[C@H]1O)[C@H]1CC[C@]2(C)[C@@H]1[C@H](O)C[C@@H]1[C@@]3(C)CC[C@H](O[C@@H]4O[C@H](CO)[C@@H](O)[C@H](O)[C@H]4O[C@@H]4O[C@H](CO)[C@@H](O)[C@H](O)[C@H]4O)C(C)(C)[C@@H]3CC[C@]12C. The molecule has 21 nitrogen and oxygen atoms in total. The summed E-state index contributed by atoms with van der Waals surface area (Å²) in [5, 5.41) is 129. The monoisotopic (exact) mass is 1030 g/mol. The minimum atomic E-state index is -1.81. The van der Waals surface area contributed by atoms with E-state index in [-0.39, 0.29) is 34.5 Å². The zero-order chi connectivity index (χ0) is 53.2. The third kappa shape index (κ3) is 10.2. The summed E-state index contributed by atoms with van der Waals surface area (Å²) < 4.78 is 42.6. The van der Waals surface area contributed by atoms with Gasteiger partial charge in [-0.2, -0.15) is 0 Å². The molecule has 414 valence electrons. The number of rotatable bonds is 16. The molecule has 0 unspecified atom stereocenters. The summed E-state index contributed by atoms with van der Waals surface area (Å²) in [6.07, 6.45) is -18.3. The molecule has 3 heterocycles. The summed E-state index contributed by atoms with van der Waals surface area (Å²) in [5.74, 6) is -3.13. The summed E-state index contributed by atoms with van der Waals surface area (Å²) in [5.41, 5.74) is -1.59. The van der Waals surface area contributed by atoms with Gasteiger partial charge in [0.2, 0.25) is 0 Å². The van der Waals surface area contributed by atoms with Crippen molar-refractivity contribution in [1.29, 1.82) is 0 Å². The van der Waals surface area contributed by atoms with Gasteiger partial charge < -0.3 is 94.4 Å². The minimum Gasteiger partial charge on any atom is -0.481 e. The number of aliphatic hydroxyl groups is 11. The summed E-state index contributed by atoms with van der Waals surface area (Å²) in [7, 11) is 0. The molecule has 0 bridgehead atoms. The van der Waals surface area contributed by atoms with Crippen LogP contribution < -0.4 is 0 Å². The van der Waals surface area contributed by atoms with Crippen molar-refractivity contribution in [3.63, 3.8) is 0 Å². The third-order valence-corrected chi connectivity index (χ3v) is 19.3. The maximum atomic E-state index is 12.8. The molecule has 0 amide bonds. The number of hydrogen-bond donors (Lipinski definition) is 12. The Labute approximate surface area is 421 Å². The first-order chi connectivity index (χ1) is 33.6. The van der Waals surface area contributed by atoms with Gasteiger partial charge in [0, 0.05) is 0 Å². The Morgan fingerprint density at radius 3 is 1.85 bits per heavy atom. The molecule has 72 heavy (non-hydrogen) atoms. The minimum absolute atomic E-state index is 0.0392. The van der Waals surface area contributed by atoms with Gasteiger partial charge in [0.05, 0.1) is 37.6 Å². The number of hydrogen-bond acceptors (Lipinski definition) is 20. The lowest BCUT2D eigenvalue weighted by Gasteiger charge is -2.71. The van der Waals surface area contributed by atoms with Crippen molar-refractivity contribution < 1.29 is 104 Å². The lowest BCUT2D eigenvalue weighted by atomic mass is 9.35. The third-order valence-electron chi connectivity index (χ3n) is 19.3. The number of carboxylic acid groups (broad SMARTS) is 1. The second-order valence-electron chi connectivity index (χ2n) is 23.9. The van der Waals surface area contributed by atoms with Gasteiger partial charge >= 0.3 is 11.9 Å². The van der Waals surface area contributed by atoms with Crippen LogP contribution in [-0.4, -0.2) is 203 Å². The molecule has 12 N–H and O–H groups in total. The van der Waals surface area contributed by atoms with E-state index < -0.39 is 159 Å². The van der Waals surface area contributed by atoms with E-state index in [0.29, 0.717) is 38.5 Å². The first kappa shape index (κ1) is 57.7. The Kier molecular flexibility index (Phi) is 17.5. The van der Waals surface area contributed by atoms with E-state index in [1.807, 2.05) is 20.8 Å². The number of carboxylic acids is 1. The molecule has 25 atom stereocenters. The van der Waals surface area contributed by atoms with Gasteiger partial charge in [0.1, 0.15) is 73.6 Å². The molecule has 3 saturated heterocycles. The van der Waals surface area contributed by atoms with E-state index in [0.717, 1.165) is 24.8 Å². The lowest BCUT2D eigenvalue weighted by molar-refractivity contribution is -0.378. The highest BCUT2D eigenvalue weighted by Crippen LogP contribution is 2.76. The fourth-order valence-electron chi connectivity index (χ4n) is 15.3. The van der Waals surface area contributed by atoms with Gasteiger partial charge in [0.15, 0.2) is 25.0 Å². The fraction of sp³-hybridized carbons (Fsp3) is 0.922. The average Bonchev–Trinajstić information content (AvgIpc) is 3.70. The summed E-state index contributed by atoms with van der Waals surface area (Å²) in [6.45, 7) is 15.0. The number of carbonyl (C=O) groups is 2. The number of ether oxygens (including phenoxy) is 7. The molecule has 7 aliphatic rings. The highest BCUT2D eigenvalue weighted by atomic mass is 16.8. The van der Waals surface area contributed by atoms with E-state index in [2.05, 4.69) is 40.7 Å². The lowest BCUT2D eigenvalue weighted by Crippen LogP contribution is -2.68. The van der Waals surface area contributed by atoms with Crippen molar-refractivity contribution >= 4 is 11.9 Å². The van der Waals surface area contributed by atoms with Crippen molar-refractivity contribution in [3.8, 4) is 0 Å². The van der Waals surface area contributed by atoms with E-state index >= 15 is 0 Å². The number of esters is 1. The molecule has 4 saturated carbocycles. The second-order valence-corrected chi connectivity index (χ2v) is 23.9. The highest BCUT2D eigenvalue weighted by Gasteiger charge is 2.72. The number of fused-ring (bicyclic) bond motifs is 5. The number of carbonyl (C=O) groups excluding carboxylic acids is 1. The second kappa shape index (κ2) is 21.8. The molecule has 0 aromatic heterocycles. The predicted octanol–water partition coefficient (Wildman–Crippen LogP) is -0.00120. The molecule has 7 fully saturated rings. The maximum Gasteiger partial charge on any atom is 0.317 e. The van der Waals surface area contributed by atoms with Crippen LogP contribution in [0.5, 0.6) is 0 Å². The average molecular weight is 1030 g/mol. The maximum absolute atomic E-state index is 12.8. The summed E-state index contributed by atoms with van der Waals surface area (Å²) >= 11 is 0. The molecular formula is C51H84O21. The van der Waals surface area contributed by atoms with Crippen LogP contribution in [0.4, 0.5) is 0 Å². The predicted molar refractivity (Wildman–Crippen MR) is 250 cm³/mol. The molecule has 4 aliphatic carbocycles. The quantitative estimate of drug-likeness (QED) is 0.0419. The van der Waals surface area contributed by atoms with E-state index in [9.17, 15) is 70.9 Å². The largest absolute Gasteiger partial charge is 0.481 e. The number of aliphatic hydroxyl groups excluding tert-OH is 11. The summed E-state index contributed by atoms with van der Waals surface area (Å²) in [4.78, 5) is 23.8. The van der Waals surface area contributed by atoms with Gasteiger partial charge in [-0.05, 0) is 124 Å². The summed E-state index contributed by atoms with van der Waals surface area (Å²) in [6, 6.07) is 0. The number of aliphatic carboxylic acids is 1. The molecular weight excluding hydrogens is 949 g/mol. The normalized spacial score (nSPS) is 48.8. The molecule has 0 aromatic carbocycles. The molecule has 7 rings (SSSR count). The standard InChI is InChI=1S/C51H84O21/c1-23(2)10-9-14-51(8,72-45-41(65)42(37(61)28(22-54)67-45)70-33(58)19-32(56)57)24-11-16-50(7)34(24)25(55)18-30-48(5)15-13-31(47(3,4)29(48)12-17-49(30,50)6)69-46-43(39(63)36(60)27(21-53)68-46)71-44-40(64)38(62)35(59)26(20-52)66-44/h10,24-31,34-46,52-55,59-65H,9,11-22H2,1-8H3,(H,56,57)/t24-,25+,26+,27+,28+,29-,30+,31-,34-,35+,36+,37+,38-,39-,40+,41+,42-,43+,44-,45-,46-,48-,49+,50+,51-/m0/s1. The molecule has 0 radical (unpaired) electrons. The van der Waals surface area contributed by atoms with Gasteiger partial charge in [-0.1, -0.05) is 46.3 Å². The Morgan fingerprint density at radius 1 is 0.653 bits per heavy atom. The first-order valence-electron chi connectivity index (χ1n) is 25.9. The van der Waals surface area contributed by atoms with Crippen molar-refractivity contribution in [2.45, 2.75) is 230 Å². The van der Waals surface area contributed by atoms with Crippen LogP contribution in [0.15, 0.2) is 11.6 Å². The van der Waals surface area contributed by atoms with Gasteiger partial charge in [-0.25, -0.2) is 0 Å². The van der Waals surface area contributed by atoms with Gasteiger partial charge in [-0.3, -0.25) is 9.59 Å². The van der Waals surface area contributed by atoms with Crippen molar-refractivity contribution in [3.05, 3.63) is 11.6 Å². The smallest absolute Gasteiger partial charge is 0.317 e. The van der Waals surface area contributed by atoms with Crippen LogP contribution in [0.3, 0.4) is 0 Å². The van der Waals surface area contributed by atoms with E-state index in [1.54, 1.807) is 0 Å². The molecule has 21 heteroatoms. The fourth-order valence-corrected chi connectivity index (χ4v) is 15.3. The zero-order valence-corrected chi connectivity index (χ0v) is 42.9. The van der Waals surface area contributed by atoms with Gasteiger partial charge in [0.25, 0.3) is 0 Å². The van der Waals surface area contributed by atoms with Crippen molar-refractivity contribution in [1.82, 2.24) is 0 Å².